The van der Waals surface area contributed by atoms with Crippen LogP contribution in [0, 0.1) is 5.82 Å². The van der Waals surface area contributed by atoms with Crippen LogP contribution in [-0.2, 0) is 11.2 Å². The molecule has 4 heteroatoms. The lowest BCUT2D eigenvalue weighted by Crippen LogP contribution is -2.45. The molecular weight excluding hydrogens is 309 g/mol. The zero-order valence-electron chi connectivity index (χ0n) is 11.1. The predicted molar refractivity (Wildman–Crippen MR) is 77.8 cm³/mol. The Bertz CT molecular complexity index is 452. The molecule has 1 aliphatic rings. The minimum absolute atomic E-state index is 0.0791. The Balaban J connectivity index is 2.01. The molecule has 0 N–H and O–H groups in total. The van der Waals surface area contributed by atoms with Gasteiger partial charge < -0.3 is 4.90 Å². The number of amides is 1. The van der Waals surface area contributed by atoms with E-state index in [1.165, 1.54) is 12.5 Å². The molecule has 0 aromatic heterocycles. The van der Waals surface area contributed by atoms with Crippen molar-refractivity contribution in [3.05, 3.63) is 35.6 Å². The van der Waals surface area contributed by atoms with Gasteiger partial charge >= 0.3 is 0 Å². The van der Waals surface area contributed by atoms with Crippen LogP contribution >= 0.6 is 15.9 Å². The first-order valence-corrected chi connectivity index (χ1v) is 7.69. The monoisotopic (exact) mass is 327 g/mol. The van der Waals surface area contributed by atoms with Crippen molar-refractivity contribution in [2.24, 2.45) is 0 Å². The Morgan fingerprint density at radius 2 is 2.21 bits per heavy atom. The van der Waals surface area contributed by atoms with Gasteiger partial charge in [-0.3, -0.25) is 4.79 Å². The van der Waals surface area contributed by atoms with Gasteiger partial charge in [-0.1, -0.05) is 34.1 Å². The van der Waals surface area contributed by atoms with E-state index in [-0.39, 0.29) is 16.6 Å². The highest BCUT2D eigenvalue weighted by Gasteiger charge is 2.28. The molecule has 0 spiro atoms. The van der Waals surface area contributed by atoms with Crippen molar-refractivity contribution >= 4 is 21.8 Å². The average molecular weight is 328 g/mol. The van der Waals surface area contributed by atoms with E-state index in [2.05, 4.69) is 22.9 Å². The molecule has 1 aromatic rings. The van der Waals surface area contributed by atoms with Crippen molar-refractivity contribution in [3.63, 3.8) is 0 Å². The molecule has 104 valence electrons. The van der Waals surface area contributed by atoms with Crippen molar-refractivity contribution in [1.29, 1.82) is 0 Å². The molecule has 2 atom stereocenters. The first-order chi connectivity index (χ1) is 9.09. The van der Waals surface area contributed by atoms with Crippen LogP contribution in [0.25, 0.3) is 0 Å². The highest BCUT2D eigenvalue weighted by molar-refractivity contribution is 9.10. The number of likely N-dealkylation sites (tertiary alicyclic amines) is 1. The summed E-state index contributed by atoms with van der Waals surface area (Å²) >= 11 is 3.42. The number of hydrogen-bond donors (Lipinski definition) is 0. The summed E-state index contributed by atoms with van der Waals surface area (Å²) in [5.74, 6) is -0.165. The fraction of sp³-hybridized carbons (Fsp3) is 0.533. The van der Waals surface area contributed by atoms with Gasteiger partial charge in [-0.25, -0.2) is 4.39 Å². The Kier molecular flexibility index (Phi) is 4.97. The van der Waals surface area contributed by atoms with Gasteiger partial charge in [0.05, 0.1) is 4.83 Å². The zero-order valence-corrected chi connectivity index (χ0v) is 12.7. The zero-order chi connectivity index (χ0) is 13.8. The molecule has 2 rings (SSSR count). The van der Waals surface area contributed by atoms with E-state index in [0.29, 0.717) is 18.0 Å². The van der Waals surface area contributed by atoms with Crippen molar-refractivity contribution in [2.45, 2.75) is 43.5 Å². The number of benzene rings is 1. The quantitative estimate of drug-likeness (QED) is 0.778. The predicted octanol–water partition coefficient (Wildman–Crippen LogP) is 3.53. The number of piperidine rings is 1. The second-order valence-electron chi connectivity index (χ2n) is 5.14. The lowest BCUT2D eigenvalue weighted by molar-refractivity contribution is -0.133. The Hall–Kier alpha value is -0.900. The molecule has 0 saturated carbocycles. The van der Waals surface area contributed by atoms with E-state index >= 15 is 0 Å². The number of nitrogens with zero attached hydrogens (tertiary/aromatic N) is 1. The summed E-state index contributed by atoms with van der Waals surface area (Å²) in [4.78, 5) is 14.0. The molecule has 2 nitrogen and oxygen atoms in total. The van der Waals surface area contributed by atoms with Crippen LogP contribution in [0.3, 0.4) is 0 Å². The van der Waals surface area contributed by atoms with Gasteiger partial charge in [0, 0.05) is 12.6 Å². The van der Waals surface area contributed by atoms with Crippen molar-refractivity contribution in [2.75, 3.05) is 6.54 Å². The van der Waals surface area contributed by atoms with Gasteiger partial charge in [0.25, 0.3) is 0 Å². The molecular formula is C15H19BrFNO. The number of halogens is 2. The molecule has 1 aromatic carbocycles. The molecule has 1 fully saturated rings. The fourth-order valence-electron chi connectivity index (χ4n) is 2.55. The number of carbonyl (C=O) groups excluding carboxylic acids is 1. The first kappa shape index (κ1) is 14.5. The van der Waals surface area contributed by atoms with Crippen LogP contribution in [-0.4, -0.2) is 28.2 Å². The third-order valence-electron chi connectivity index (χ3n) is 3.71. The van der Waals surface area contributed by atoms with Gasteiger partial charge in [-0.15, -0.1) is 0 Å². The molecule has 1 amide bonds. The smallest absolute Gasteiger partial charge is 0.236 e. The van der Waals surface area contributed by atoms with Crippen LogP contribution in [0.15, 0.2) is 24.3 Å². The van der Waals surface area contributed by atoms with Crippen LogP contribution in [0.2, 0.25) is 0 Å². The second kappa shape index (κ2) is 6.51. The summed E-state index contributed by atoms with van der Waals surface area (Å²) < 4.78 is 13.6. The third-order valence-corrected chi connectivity index (χ3v) is 4.43. The van der Waals surface area contributed by atoms with Crippen LogP contribution in [0.4, 0.5) is 4.39 Å². The third kappa shape index (κ3) is 3.56. The normalized spacial score (nSPS) is 21.2. The van der Waals surface area contributed by atoms with Crippen molar-refractivity contribution in [3.8, 4) is 0 Å². The molecule has 1 saturated heterocycles. The van der Waals surface area contributed by atoms with Gasteiger partial charge in [-0.05, 0) is 44.2 Å². The van der Waals surface area contributed by atoms with Crippen molar-refractivity contribution < 1.29 is 9.18 Å². The largest absolute Gasteiger partial charge is 0.339 e. The van der Waals surface area contributed by atoms with Crippen molar-refractivity contribution in [1.82, 2.24) is 4.90 Å². The Labute approximate surface area is 122 Å². The minimum Gasteiger partial charge on any atom is -0.339 e. The summed E-state index contributed by atoms with van der Waals surface area (Å²) in [6.07, 6.45) is 3.71. The molecule has 19 heavy (non-hydrogen) atoms. The second-order valence-corrected chi connectivity index (χ2v) is 6.24. The Morgan fingerprint density at radius 3 is 2.89 bits per heavy atom. The van der Waals surface area contributed by atoms with E-state index in [4.69, 9.17) is 0 Å². The fourth-order valence-corrected chi connectivity index (χ4v) is 3.16. The maximum absolute atomic E-state index is 13.6. The van der Waals surface area contributed by atoms with Crippen LogP contribution < -0.4 is 0 Å². The molecule has 0 radical (unpaired) electrons. The number of alkyl halides is 1. The van der Waals surface area contributed by atoms with E-state index in [1.54, 1.807) is 18.2 Å². The van der Waals surface area contributed by atoms with Gasteiger partial charge in [0.15, 0.2) is 0 Å². The summed E-state index contributed by atoms with van der Waals surface area (Å²) in [6.45, 7) is 2.90. The Morgan fingerprint density at radius 1 is 1.47 bits per heavy atom. The number of hydrogen-bond acceptors (Lipinski definition) is 1. The maximum Gasteiger partial charge on any atom is 0.236 e. The lowest BCUT2D eigenvalue weighted by atomic mass is 10.0. The van der Waals surface area contributed by atoms with E-state index < -0.39 is 0 Å². The summed E-state index contributed by atoms with van der Waals surface area (Å²) in [7, 11) is 0. The first-order valence-electron chi connectivity index (χ1n) is 6.77. The molecule has 1 aliphatic heterocycles. The van der Waals surface area contributed by atoms with E-state index in [0.717, 1.165) is 19.4 Å². The summed E-state index contributed by atoms with van der Waals surface area (Å²) in [5.41, 5.74) is 0.586. The maximum atomic E-state index is 13.6. The van der Waals surface area contributed by atoms with Gasteiger partial charge in [-0.2, -0.15) is 0 Å². The molecule has 0 bridgehead atoms. The van der Waals surface area contributed by atoms with E-state index in [9.17, 15) is 9.18 Å². The minimum atomic E-state index is -0.343. The molecule has 0 aliphatic carbocycles. The number of carbonyl (C=O) groups is 1. The highest BCUT2D eigenvalue weighted by atomic mass is 79.9. The lowest BCUT2D eigenvalue weighted by Gasteiger charge is -2.34. The van der Waals surface area contributed by atoms with Crippen LogP contribution in [0.5, 0.6) is 0 Å². The topological polar surface area (TPSA) is 20.3 Å². The molecule has 2 unspecified atom stereocenters. The summed E-state index contributed by atoms with van der Waals surface area (Å²) in [5, 5.41) is 0. The standard InChI is InChI=1S/C15H19BrFNO/c1-11-6-4-5-9-18(11)15(19)13(16)10-12-7-2-3-8-14(12)17/h2-3,7-8,11,13H,4-6,9-10H2,1H3. The average Bonchev–Trinajstić information content (AvgIpc) is 2.41. The SMILES string of the molecule is CC1CCCCN1C(=O)C(Br)Cc1ccccc1F. The van der Waals surface area contributed by atoms with Gasteiger partial charge in [0.1, 0.15) is 5.82 Å². The summed E-state index contributed by atoms with van der Waals surface area (Å²) in [6, 6.07) is 6.92. The van der Waals surface area contributed by atoms with Crippen LogP contribution in [0.1, 0.15) is 31.7 Å². The van der Waals surface area contributed by atoms with Gasteiger partial charge in [0.2, 0.25) is 5.91 Å². The highest BCUT2D eigenvalue weighted by Crippen LogP contribution is 2.21. The van der Waals surface area contributed by atoms with E-state index in [1.807, 2.05) is 4.90 Å². The number of rotatable bonds is 3. The molecule has 1 heterocycles.